The minimum atomic E-state index is -0.125. The van der Waals surface area contributed by atoms with Crippen molar-refractivity contribution in [1.29, 1.82) is 0 Å². The Bertz CT molecular complexity index is 1350. The SMILES string of the molecule is COc1c(OCC2CC2)ncnc1N1CC[C@@H](Oc2ccc([C@H](C)CC(=O)c3oc(CC(C)=O)nc3C)cc2)C1. The number of carbonyl (C=O) groups is 2. The lowest BCUT2D eigenvalue weighted by molar-refractivity contribution is -0.116. The van der Waals surface area contributed by atoms with Crippen molar-refractivity contribution in [2.24, 2.45) is 5.92 Å². The summed E-state index contributed by atoms with van der Waals surface area (Å²) < 4.78 is 23.4. The number of nitrogens with zero attached hydrogens (tertiary/aromatic N) is 4. The molecule has 2 atom stereocenters. The van der Waals surface area contributed by atoms with Crippen molar-refractivity contribution in [3.8, 4) is 17.4 Å². The fourth-order valence-electron chi connectivity index (χ4n) is 4.91. The number of aryl methyl sites for hydroxylation is 1. The molecule has 0 amide bonds. The van der Waals surface area contributed by atoms with Gasteiger partial charge in [0.05, 0.1) is 32.4 Å². The van der Waals surface area contributed by atoms with Crippen LogP contribution >= 0.6 is 0 Å². The zero-order valence-corrected chi connectivity index (χ0v) is 23.5. The molecule has 10 nitrogen and oxygen atoms in total. The lowest BCUT2D eigenvalue weighted by Crippen LogP contribution is -2.26. The van der Waals surface area contributed by atoms with E-state index < -0.39 is 0 Å². The molecule has 0 radical (unpaired) electrons. The number of aromatic nitrogens is 3. The van der Waals surface area contributed by atoms with E-state index in [-0.39, 0.29) is 48.1 Å². The third-order valence-corrected chi connectivity index (χ3v) is 7.29. The highest BCUT2D eigenvalue weighted by molar-refractivity contribution is 5.95. The largest absolute Gasteiger partial charge is 0.489 e. The third-order valence-electron chi connectivity index (χ3n) is 7.29. The van der Waals surface area contributed by atoms with Crippen LogP contribution in [-0.2, 0) is 11.2 Å². The number of methoxy groups -OCH3 is 1. The van der Waals surface area contributed by atoms with Gasteiger partial charge in [-0.05, 0) is 56.2 Å². The van der Waals surface area contributed by atoms with Crippen molar-refractivity contribution in [2.45, 2.75) is 64.9 Å². The maximum atomic E-state index is 12.9. The van der Waals surface area contributed by atoms with Gasteiger partial charge in [-0.25, -0.2) is 9.97 Å². The molecule has 3 heterocycles. The van der Waals surface area contributed by atoms with Gasteiger partial charge < -0.3 is 23.5 Å². The average molecular weight is 549 g/mol. The van der Waals surface area contributed by atoms with Gasteiger partial charge in [-0.3, -0.25) is 9.59 Å². The van der Waals surface area contributed by atoms with Gasteiger partial charge in [0.15, 0.2) is 11.6 Å². The number of oxazole rings is 1. The van der Waals surface area contributed by atoms with Crippen LogP contribution in [0.5, 0.6) is 17.4 Å². The molecule has 1 aliphatic heterocycles. The van der Waals surface area contributed by atoms with Crippen LogP contribution in [0.1, 0.15) is 73.2 Å². The van der Waals surface area contributed by atoms with Crippen LogP contribution in [0.15, 0.2) is 35.0 Å². The summed E-state index contributed by atoms with van der Waals surface area (Å²) in [4.78, 5) is 39.3. The van der Waals surface area contributed by atoms with Crippen molar-refractivity contribution in [1.82, 2.24) is 15.0 Å². The van der Waals surface area contributed by atoms with Gasteiger partial charge in [0.25, 0.3) is 5.88 Å². The smallest absolute Gasteiger partial charge is 0.262 e. The summed E-state index contributed by atoms with van der Waals surface area (Å²) in [6.07, 6.45) is 5.14. The van der Waals surface area contributed by atoms with Gasteiger partial charge in [0, 0.05) is 19.4 Å². The van der Waals surface area contributed by atoms with Crippen molar-refractivity contribution >= 4 is 17.4 Å². The Labute approximate surface area is 234 Å². The van der Waals surface area contributed by atoms with Gasteiger partial charge in [-0.15, -0.1) is 0 Å². The van der Waals surface area contributed by atoms with Crippen LogP contribution in [0.25, 0.3) is 0 Å². The predicted octanol–water partition coefficient (Wildman–Crippen LogP) is 4.74. The number of rotatable bonds is 13. The number of Topliss-reactive ketones (excluding diaryl/α,β-unsaturated/α-hetero) is 2. The second-order valence-electron chi connectivity index (χ2n) is 10.8. The quantitative estimate of drug-likeness (QED) is 0.277. The maximum absolute atomic E-state index is 12.9. The molecule has 0 bridgehead atoms. The fourth-order valence-corrected chi connectivity index (χ4v) is 4.91. The van der Waals surface area contributed by atoms with E-state index in [9.17, 15) is 9.59 Å². The molecule has 0 spiro atoms. The van der Waals surface area contributed by atoms with E-state index in [0.29, 0.717) is 36.4 Å². The summed E-state index contributed by atoms with van der Waals surface area (Å²) >= 11 is 0. The van der Waals surface area contributed by atoms with E-state index in [1.807, 2.05) is 31.2 Å². The number of ether oxygens (including phenoxy) is 3. The normalized spacial score (nSPS) is 17.5. The Hall–Kier alpha value is -3.95. The van der Waals surface area contributed by atoms with Gasteiger partial charge in [-0.2, -0.15) is 4.98 Å². The minimum absolute atomic E-state index is 0.000944. The number of hydrogen-bond acceptors (Lipinski definition) is 10. The first-order valence-corrected chi connectivity index (χ1v) is 13.8. The molecule has 0 N–H and O–H groups in total. The lowest BCUT2D eigenvalue weighted by Gasteiger charge is -2.21. The van der Waals surface area contributed by atoms with E-state index in [1.165, 1.54) is 26.1 Å². The molecule has 1 saturated heterocycles. The van der Waals surface area contributed by atoms with Crippen molar-refractivity contribution < 1.29 is 28.2 Å². The van der Waals surface area contributed by atoms with E-state index in [4.69, 9.17) is 18.6 Å². The average Bonchev–Trinajstić information content (AvgIpc) is 3.53. The van der Waals surface area contributed by atoms with Gasteiger partial charge in [0.2, 0.25) is 17.4 Å². The van der Waals surface area contributed by atoms with Crippen molar-refractivity contribution in [3.63, 3.8) is 0 Å². The molecule has 10 heteroatoms. The Morgan fingerprint density at radius 3 is 2.62 bits per heavy atom. The summed E-state index contributed by atoms with van der Waals surface area (Å²) in [5, 5.41) is 0. The van der Waals surface area contributed by atoms with Gasteiger partial charge in [0.1, 0.15) is 24.0 Å². The molecule has 2 aliphatic rings. The molecule has 1 aromatic carbocycles. The topological polar surface area (TPSA) is 117 Å². The predicted molar refractivity (Wildman–Crippen MR) is 147 cm³/mol. The highest BCUT2D eigenvalue weighted by Crippen LogP contribution is 2.37. The van der Waals surface area contributed by atoms with Crippen LogP contribution in [-0.4, -0.2) is 59.4 Å². The molecule has 3 aromatic rings. The number of anilines is 1. The summed E-state index contributed by atoms with van der Waals surface area (Å²) in [5.74, 6) is 3.48. The first-order chi connectivity index (χ1) is 19.3. The lowest BCUT2D eigenvalue weighted by atomic mass is 9.94. The molecule has 2 fully saturated rings. The standard InChI is InChI=1S/C30H36N4O6/c1-18(13-25(36)27-20(3)33-26(40-27)14-19(2)35)22-7-9-23(10-8-22)39-24-11-12-34(15-24)29-28(37-4)30(32-17-31-29)38-16-21-5-6-21/h7-10,17-18,21,24H,5-6,11-16H2,1-4H3/t18-,24-/m1/s1. The van der Waals surface area contributed by atoms with Crippen molar-refractivity contribution in [3.05, 3.63) is 53.5 Å². The van der Waals surface area contributed by atoms with Crippen LogP contribution in [0.2, 0.25) is 0 Å². The van der Waals surface area contributed by atoms with E-state index in [1.54, 1.807) is 14.0 Å². The maximum Gasteiger partial charge on any atom is 0.262 e. The molecule has 5 rings (SSSR count). The molecule has 1 aliphatic carbocycles. The summed E-state index contributed by atoms with van der Waals surface area (Å²) in [6, 6.07) is 7.87. The Kier molecular flexibility index (Phi) is 8.32. The highest BCUT2D eigenvalue weighted by Gasteiger charge is 2.30. The Balaban J connectivity index is 1.16. The molecule has 1 saturated carbocycles. The van der Waals surface area contributed by atoms with E-state index >= 15 is 0 Å². The van der Waals surface area contributed by atoms with E-state index in [2.05, 4.69) is 19.9 Å². The number of ketones is 2. The second-order valence-corrected chi connectivity index (χ2v) is 10.8. The Morgan fingerprint density at radius 1 is 1.15 bits per heavy atom. The van der Waals surface area contributed by atoms with E-state index in [0.717, 1.165) is 30.1 Å². The first-order valence-electron chi connectivity index (χ1n) is 13.8. The third kappa shape index (κ3) is 6.60. The van der Waals surface area contributed by atoms with Crippen LogP contribution in [0, 0.1) is 12.8 Å². The van der Waals surface area contributed by atoms with Crippen molar-refractivity contribution in [2.75, 3.05) is 31.7 Å². The summed E-state index contributed by atoms with van der Waals surface area (Å²) in [5.41, 5.74) is 1.55. The zero-order chi connectivity index (χ0) is 28.2. The van der Waals surface area contributed by atoms with Crippen LogP contribution < -0.4 is 19.1 Å². The number of hydrogen-bond donors (Lipinski definition) is 0. The van der Waals surface area contributed by atoms with Crippen LogP contribution in [0.4, 0.5) is 5.82 Å². The molecule has 212 valence electrons. The first kappa shape index (κ1) is 27.6. The summed E-state index contributed by atoms with van der Waals surface area (Å²) in [7, 11) is 1.62. The molecular weight excluding hydrogens is 512 g/mol. The summed E-state index contributed by atoms with van der Waals surface area (Å²) in [6.45, 7) is 7.31. The molecule has 40 heavy (non-hydrogen) atoms. The van der Waals surface area contributed by atoms with Crippen LogP contribution in [0.3, 0.4) is 0 Å². The second kappa shape index (κ2) is 12.1. The van der Waals surface area contributed by atoms with Gasteiger partial charge >= 0.3 is 0 Å². The minimum Gasteiger partial charge on any atom is -0.489 e. The number of carbonyl (C=O) groups excluding carboxylic acids is 2. The molecule has 2 aromatic heterocycles. The zero-order valence-electron chi connectivity index (χ0n) is 23.5. The highest BCUT2D eigenvalue weighted by atomic mass is 16.5. The monoisotopic (exact) mass is 548 g/mol. The number of benzene rings is 1. The fraction of sp³-hybridized carbons (Fsp3) is 0.500. The van der Waals surface area contributed by atoms with Gasteiger partial charge in [-0.1, -0.05) is 19.1 Å². The molecule has 0 unspecified atom stereocenters. The Morgan fingerprint density at radius 2 is 1.93 bits per heavy atom. The molecular formula is C30H36N4O6.